The number of rotatable bonds is 2. The molecular weight excluding hydrogens is 379 g/mol. The van der Waals surface area contributed by atoms with Gasteiger partial charge in [-0.1, -0.05) is 23.2 Å². The molecule has 0 saturated carbocycles. The summed E-state index contributed by atoms with van der Waals surface area (Å²) in [6.07, 6.45) is 4.51. The Morgan fingerprint density at radius 3 is 2.92 bits per heavy atom. The highest BCUT2D eigenvalue weighted by molar-refractivity contribution is 7.20. The van der Waals surface area contributed by atoms with Gasteiger partial charge in [0.1, 0.15) is 0 Å². The summed E-state index contributed by atoms with van der Waals surface area (Å²) in [5, 5.41) is 2.18. The van der Waals surface area contributed by atoms with Gasteiger partial charge in [-0.3, -0.25) is 4.79 Å². The van der Waals surface area contributed by atoms with E-state index in [0.717, 1.165) is 32.6 Å². The molecule has 1 amide bonds. The molecule has 1 aromatic carbocycles. The molecule has 0 spiro atoms. The predicted octanol–water partition coefficient (Wildman–Crippen LogP) is 3.45. The number of nitrogens with two attached hydrogens (primary N) is 1. The number of hydrogen-bond acceptors (Lipinski definition) is 4. The molecule has 0 fully saturated rings. The van der Waals surface area contributed by atoms with E-state index in [-0.39, 0.29) is 12.5 Å². The van der Waals surface area contributed by atoms with Gasteiger partial charge in [-0.05, 0) is 18.1 Å². The number of thiophene rings is 1. The Hall–Kier alpha value is -1.60. The van der Waals surface area contributed by atoms with Crippen LogP contribution in [0.5, 0.6) is 0 Å². The van der Waals surface area contributed by atoms with Crippen LogP contribution in [-0.2, 0) is 24.8 Å². The molecule has 2 aromatic heterocycles. The average molecular weight is 395 g/mol. The van der Waals surface area contributed by atoms with Gasteiger partial charge in [0.05, 0.1) is 39.9 Å². The molecule has 0 unspecified atom stereocenters. The van der Waals surface area contributed by atoms with E-state index in [1.54, 1.807) is 22.6 Å². The molecule has 3 heterocycles. The predicted molar refractivity (Wildman–Crippen MR) is 102 cm³/mol. The van der Waals surface area contributed by atoms with E-state index in [2.05, 4.69) is 4.98 Å². The summed E-state index contributed by atoms with van der Waals surface area (Å²) in [4.78, 5) is 19.4. The maximum atomic E-state index is 11.9. The highest BCUT2D eigenvalue weighted by Gasteiger charge is 2.27. The molecule has 8 heteroatoms. The second kappa shape index (κ2) is 6.29. The summed E-state index contributed by atoms with van der Waals surface area (Å²) in [7, 11) is 1.94. The number of nitrogens with zero attached hydrogens (tertiary/aromatic N) is 3. The van der Waals surface area contributed by atoms with Crippen LogP contribution in [0.15, 0.2) is 18.6 Å². The Morgan fingerprint density at radius 1 is 1.44 bits per heavy atom. The molecular formula is C17H16Cl2N4OS. The number of aryl methyl sites for hydroxylation is 1. The van der Waals surface area contributed by atoms with Crippen LogP contribution in [0.25, 0.3) is 21.3 Å². The Kier molecular flexibility index (Phi) is 4.24. The monoisotopic (exact) mass is 394 g/mol. The molecule has 1 aliphatic rings. The van der Waals surface area contributed by atoms with Gasteiger partial charge in [0, 0.05) is 35.6 Å². The van der Waals surface area contributed by atoms with E-state index >= 15 is 0 Å². The van der Waals surface area contributed by atoms with Gasteiger partial charge in [-0.2, -0.15) is 0 Å². The molecule has 0 radical (unpaired) electrons. The van der Waals surface area contributed by atoms with Crippen LogP contribution in [0.3, 0.4) is 0 Å². The Labute approximate surface area is 159 Å². The Bertz CT molecular complexity index is 994. The first-order valence-corrected chi connectivity index (χ1v) is 9.45. The first-order chi connectivity index (χ1) is 12.0. The summed E-state index contributed by atoms with van der Waals surface area (Å²) in [5.74, 6) is -0.0304. The smallest absolute Gasteiger partial charge is 0.236 e. The second-order valence-electron chi connectivity index (χ2n) is 6.12. The fourth-order valence-electron chi connectivity index (χ4n) is 3.31. The first kappa shape index (κ1) is 16.8. The van der Waals surface area contributed by atoms with Crippen molar-refractivity contribution in [1.82, 2.24) is 14.5 Å². The lowest BCUT2D eigenvalue weighted by molar-refractivity contribution is -0.130. The summed E-state index contributed by atoms with van der Waals surface area (Å²) < 4.78 is 2.87. The van der Waals surface area contributed by atoms with Crippen molar-refractivity contribution < 1.29 is 4.79 Å². The van der Waals surface area contributed by atoms with Crippen LogP contribution in [-0.4, -0.2) is 33.4 Å². The van der Waals surface area contributed by atoms with Crippen molar-refractivity contribution in [2.75, 3.05) is 13.1 Å². The maximum Gasteiger partial charge on any atom is 0.236 e. The van der Waals surface area contributed by atoms with Crippen LogP contribution in [0.4, 0.5) is 0 Å². The van der Waals surface area contributed by atoms with Gasteiger partial charge in [-0.25, -0.2) is 4.98 Å². The Balaban J connectivity index is 1.93. The SMILES string of the molecule is Cn1cnc(-c2cc(Cl)c(Cl)c3sc4c(c23)CCN(C(=O)CN)C4)c1. The summed E-state index contributed by atoms with van der Waals surface area (Å²) in [6, 6.07) is 1.89. The lowest BCUT2D eigenvalue weighted by atomic mass is 9.98. The minimum Gasteiger partial charge on any atom is -0.340 e. The highest BCUT2D eigenvalue weighted by Crippen LogP contribution is 2.46. The number of carbonyl (C=O) groups is 1. The van der Waals surface area contributed by atoms with Gasteiger partial charge >= 0.3 is 0 Å². The molecule has 2 N–H and O–H groups in total. The van der Waals surface area contributed by atoms with Gasteiger partial charge in [0.15, 0.2) is 0 Å². The number of hydrogen-bond donors (Lipinski definition) is 1. The van der Waals surface area contributed by atoms with Crippen molar-refractivity contribution in [3.63, 3.8) is 0 Å². The molecule has 5 nitrogen and oxygen atoms in total. The van der Waals surface area contributed by atoms with Crippen molar-refractivity contribution in [2.45, 2.75) is 13.0 Å². The van der Waals surface area contributed by atoms with Crippen LogP contribution in [0.2, 0.25) is 10.0 Å². The maximum absolute atomic E-state index is 11.9. The number of benzene rings is 1. The van der Waals surface area contributed by atoms with Crippen molar-refractivity contribution >= 4 is 50.5 Å². The lowest BCUT2D eigenvalue weighted by Gasteiger charge is -2.26. The molecule has 3 aromatic rings. The molecule has 0 aliphatic carbocycles. The third kappa shape index (κ3) is 2.73. The topological polar surface area (TPSA) is 64.2 Å². The third-order valence-corrected chi connectivity index (χ3v) is 6.65. The lowest BCUT2D eigenvalue weighted by Crippen LogP contribution is -2.39. The van der Waals surface area contributed by atoms with Crippen LogP contribution in [0.1, 0.15) is 10.4 Å². The minimum atomic E-state index is -0.0304. The van der Waals surface area contributed by atoms with Gasteiger partial charge < -0.3 is 15.2 Å². The van der Waals surface area contributed by atoms with Gasteiger partial charge in [0.2, 0.25) is 5.91 Å². The van der Waals surface area contributed by atoms with Crippen molar-refractivity contribution in [2.24, 2.45) is 12.8 Å². The zero-order valence-corrected chi connectivity index (χ0v) is 15.9. The molecule has 0 bridgehead atoms. The van der Waals surface area contributed by atoms with Crippen molar-refractivity contribution in [1.29, 1.82) is 0 Å². The molecule has 0 atom stereocenters. The van der Waals surface area contributed by atoms with E-state index in [1.165, 1.54) is 5.56 Å². The molecule has 0 saturated heterocycles. The van der Waals surface area contributed by atoms with E-state index in [9.17, 15) is 4.79 Å². The zero-order chi connectivity index (χ0) is 17.7. The molecule has 25 heavy (non-hydrogen) atoms. The minimum absolute atomic E-state index is 0.0304. The fraction of sp³-hybridized carbons (Fsp3) is 0.294. The normalized spacial score (nSPS) is 14.2. The molecule has 130 valence electrons. The number of halogens is 2. The van der Waals surface area contributed by atoms with Crippen LogP contribution >= 0.6 is 34.5 Å². The third-order valence-electron chi connectivity index (χ3n) is 4.51. The average Bonchev–Trinajstić information content (AvgIpc) is 3.20. The largest absolute Gasteiger partial charge is 0.340 e. The van der Waals surface area contributed by atoms with E-state index in [4.69, 9.17) is 28.9 Å². The second-order valence-corrected chi connectivity index (χ2v) is 8.01. The van der Waals surface area contributed by atoms with Crippen LogP contribution in [0, 0.1) is 0 Å². The quantitative estimate of drug-likeness (QED) is 0.723. The first-order valence-electron chi connectivity index (χ1n) is 7.88. The molecule has 4 rings (SSSR count). The van der Waals surface area contributed by atoms with Gasteiger partial charge in [-0.15, -0.1) is 11.3 Å². The number of aromatic nitrogens is 2. The summed E-state index contributed by atoms with van der Waals surface area (Å²) >= 11 is 14.5. The zero-order valence-electron chi connectivity index (χ0n) is 13.6. The van der Waals surface area contributed by atoms with Crippen LogP contribution < -0.4 is 5.73 Å². The van der Waals surface area contributed by atoms with Crippen molar-refractivity contribution in [3.05, 3.63) is 39.1 Å². The molecule has 1 aliphatic heterocycles. The number of amides is 1. The highest BCUT2D eigenvalue weighted by atomic mass is 35.5. The van der Waals surface area contributed by atoms with E-state index in [1.807, 2.05) is 23.9 Å². The number of fused-ring (bicyclic) bond motifs is 3. The fourth-order valence-corrected chi connectivity index (χ4v) is 5.16. The van der Waals surface area contributed by atoms with Gasteiger partial charge in [0.25, 0.3) is 0 Å². The Morgan fingerprint density at radius 2 is 2.24 bits per heavy atom. The standard InChI is InChI=1S/C17H16Cl2N4OS/c1-22-6-12(21-8-22)10-4-11(18)16(19)17-15(10)9-2-3-23(14(24)5-20)7-13(9)25-17/h4,6,8H,2-3,5,7,20H2,1H3. The summed E-state index contributed by atoms with van der Waals surface area (Å²) in [5.41, 5.74) is 8.60. The number of imidazole rings is 1. The summed E-state index contributed by atoms with van der Waals surface area (Å²) in [6.45, 7) is 1.27. The number of carbonyl (C=O) groups excluding carboxylic acids is 1. The van der Waals surface area contributed by atoms with Crippen molar-refractivity contribution in [3.8, 4) is 11.3 Å². The van der Waals surface area contributed by atoms with E-state index in [0.29, 0.717) is 23.1 Å². The van der Waals surface area contributed by atoms with E-state index < -0.39 is 0 Å².